The molecule has 0 bridgehead atoms. The van der Waals surface area contributed by atoms with E-state index in [0.29, 0.717) is 19.3 Å². The van der Waals surface area contributed by atoms with E-state index in [1.807, 2.05) is 19.9 Å². The zero-order valence-electron chi connectivity index (χ0n) is 10.2. The molecule has 0 unspecified atom stereocenters. The lowest BCUT2D eigenvalue weighted by Crippen LogP contribution is -2.48. The van der Waals surface area contributed by atoms with Crippen LogP contribution in [-0.4, -0.2) is 31.6 Å². The fraction of sp³-hybridized carbons (Fsp3) is 0.667. The largest absolute Gasteiger partial charge is 0.349 e. The van der Waals surface area contributed by atoms with E-state index in [2.05, 4.69) is 11.4 Å². The molecular formula is C12H18ClNO2S. The first kappa shape index (κ1) is 13.3. The van der Waals surface area contributed by atoms with E-state index < -0.39 is 5.79 Å². The molecule has 1 fully saturated rings. The van der Waals surface area contributed by atoms with Gasteiger partial charge in [0, 0.05) is 11.4 Å². The minimum atomic E-state index is -0.431. The van der Waals surface area contributed by atoms with Gasteiger partial charge >= 0.3 is 0 Å². The average Bonchev–Trinajstić information content (AvgIpc) is 2.67. The molecule has 1 aliphatic rings. The van der Waals surface area contributed by atoms with Crippen LogP contribution in [0.1, 0.15) is 18.7 Å². The zero-order valence-corrected chi connectivity index (χ0v) is 11.7. The molecule has 0 spiro atoms. The number of hydrogen-bond acceptors (Lipinski definition) is 4. The third-order valence-electron chi connectivity index (χ3n) is 2.70. The molecule has 0 aromatic carbocycles. The van der Waals surface area contributed by atoms with E-state index in [-0.39, 0.29) is 0 Å². The molecule has 17 heavy (non-hydrogen) atoms. The maximum atomic E-state index is 5.88. The van der Waals surface area contributed by atoms with Gasteiger partial charge in [0.05, 0.1) is 23.6 Å². The lowest BCUT2D eigenvalue weighted by atomic mass is 10.2. The van der Waals surface area contributed by atoms with Gasteiger partial charge in [0.15, 0.2) is 5.79 Å². The molecule has 0 atom stereocenters. The number of nitrogens with one attached hydrogen (secondary N) is 1. The molecule has 1 saturated heterocycles. The van der Waals surface area contributed by atoms with Crippen LogP contribution in [0.3, 0.4) is 0 Å². The number of hydrogen-bond donors (Lipinski definition) is 1. The van der Waals surface area contributed by atoms with Crippen LogP contribution in [0.15, 0.2) is 12.1 Å². The molecule has 5 heteroatoms. The number of ether oxygens (including phenoxy) is 2. The van der Waals surface area contributed by atoms with Crippen molar-refractivity contribution in [2.75, 3.05) is 19.8 Å². The summed E-state index contributed by atoms with van der Waals surface area (Å²) in [6, 6.07) is 4.31. The summed E-state index contributed by atoms with van der Waals surface area (Å²) in [6.45, 7) is 6.22. The lowest BCUT2D eigenvalue weighted by molar-refractivity contribution is -0.252. The molecule has 2 heterocycles. The van der Waals surface area contributed by atoms with Gasteiger partial charge in [-0.1, -0.05) is 11.6 Å². The average molecular weight is 276 g/mol. The molecule has 1 N–H and O–H groups in total. The Bertz CT molecular complexity index is 357. The van der Waals surface area contributed by atoms with Crippen molar-refractivity contribution in [1.82, 2.24) is 5.32 Å². The first-order valence-electron chi connectivity index (χ1n) is 5.81. The maximum Gasteiger partial charge on any atom is 0.162 e. The van der Waals surface area contributed by atoms with Gasteiger partial charge in [-0.05, 0) is 32.4 Å². The molecule has 2 rings (SSSR count). The highest BCUT2D eigenvalue weighted by Gasteiger charge is 2.27. The van der Waals surface area contributed by atoms with Gasteiger partial charge in [0.2, 0.25) is 0 Å². The van der Waals surface area contributed by atoms with Crippen LogP contribution in [-0.2, 0) is 15.9 Å². The van der Waals surface area contributed by atoms with Gasteiger partial charge in [-0.25, -0.2) is 0 Å². The predicted octanol–water partition coefficient (Wildman–Crippen LogP) is 2.69. The van der Waals surface area contributed by atoms with Crippen LogP contribution in [0.2, 0.25) is 4.34 Å². The highest BCUT2D eigenvalue weighted by molar-refractivity contribution is 7.16. The van der Waals surface area contributed by atoms with Crippen molar-refractivity contribution in [3.63, 3.8) is 0 Å². The normalized spacial score (nSPS) is 20.6. The molecular weight excluding hydrogens is 258 g/mol. The number of halogens is 1. The van der Waals surface area contributed by atoms with Gasteiger partial charge in [-0.3, -0.25) is 0 Å². The second kappa shape index (κ2) is 5.67. The summed E-state index contributed by atoms with van der Waals surface area (Å²) < 4.78 is 12.0. The van der Waals surface area contributed by atoms with E-state index in [4.69, 9.17) is 21.1 Å². The maximum absolute atomic E-state index is 5.88. The van der Waals surface area contributed by atoms with Crippen LogP contribution in [0.5, 0.6) is 0 Å². The Morgan fingerprint density at radius 3 is 2.71 bits per heavy atom. The minimum absolute atomic E-state index is 0.290. The van der Waals surface area contributed by atoms with Crippen molar-refractivity contribution in [3.05, 3.63) is 21.3 Å². The van der Waals surface area contributed by atoms with Crippen LogP contribution in [0.25, 0.3) is 0 Å². The monoisotopic (exact) mass is 275 g/mol. The van der Waals surface area contributed by atoms with E-state index in [9.17, 15) is 0 Å². The predicted molar refractivity (Wildman–Crippen MR) is 70.8 cm³/mol. The van der Waals surface area contributed by atoms with Crippen molar-refractivity contribution < 1.29 is 9.47 Å². The van der Waals surface area contributed by atoms with E-state index in [1.165, 1.54) is 4.88 Å². The third kappa shape index (κ3) is 4.23. The van der Waals surface area contributed by atoms with Gasteiger partial charge in [0.1, 0.15) is 0 Å². The molecule has 0 amide bonds. The Morgan fingerprint density at radius 1 is 1.41 bits per heavy atom. The number of rotatable bonds is 4. The Balaban J connectivity index is 1.66. The van der Waals surface area contributed by atoms with Crippen LogP contribution >= 0.6 is 22.9 Å². The quantitative estimate of drug-likeness (QED) is 0.916. The molecule has 96 valence electrons. The van der Waals surface area contributed by atoms with E-state index >= 15 is 0 Å². The van der Waals surface area contributed by atoms with Gasteiger partial charge < -0.3 is 14.8 Å². The summed E-state index contributed by atoms with van der Waals surface area (Å²) in [6.07, 6.45) is 0.997. The van der Waals surface area contributed by atoms with Gasteiger partial charge in [-0.2, -0.15) is 0 Å². The summed E-state index contributed by atoms with van der Waals surface area (Å²) in [5.41, 5.74) is 0. The standard InChI is InChI=1S/C12H18ClNO2S/c1-12(2)15-7-9(8-16-12)14-6-5-10-3-4-11(13)17-10/h3-4,9,14H,5-8H2,1-2H3. The highest BCUT2D eigenvalue weighted by Crippen LogP contribution is 2.21. The van der Waals surface area contributed by atoms with E-state index in [1.54, 1.807) is 11.3 Å². The summed E-state index contributed by atoms with van der Waals surface area (Å²) in [4.78, 5) is 1.31. The topological polar surface area (TPSA) is 30.5 Å². The van der Waals surface area contributed by atoms with Gasteiger partial charge in [0.25, 0.3) is 0 Å². The van der Waals surface area contributed by atoms with Crippen molar-refractivity contribution >= 4 is 22.9 Å². The SMILES string of the molecule is CC1(C)OCC(NCCc2ccc(Cl)s2)CO1. The van der Waals surface area contributed by atoms with Crippen LogP contribution in [0, 0.1) is 0 Å². The lowest BCUT2D eigenvalue weighted by Gasteiger charge is -2.35. The summed E-state index contributed by atoms with van der Waals surface area (Å²) in [5, 5.41) is 3.43. The van der Waals surface area contributed by atoms with Crippen molar-refractivity contribution in [1.29, 1.82) is 0 Å². The molecule has 3 nitrogen and oxygen atoms in total. The fourth-order valence-corrected chi connectivity index (χ4v) is 2.78. The summed E-state index contributed by atoms with van der Waals surface area (Å²) in [5.74, 6) is -0.431. The van der Waals surface area contributed by atoms with E-state index in [0.717, 1.165) is 17.3 Å². The zero-order chi connectivity index (χ0) is 12.3. The Morgan fingerprint density at radius 2 is 2.12 bits per heavy atom. The smallest absolute Gasteiger partial charge is 0.162 e. The van der Waals surface area contributed by atoms with Crippen LogP contribution < -0.4 is 5.32 Å². The molecule has 1 aliphatic heterocycles. The summed E-state index contributed by atoms with van der Waals surface area (Å²) >= 11 is 7.51. The Kier molecular flexibility index (Phi) is 4.44. The minimum Gasteiger partial charge on any atom is -0.349 e. The van der Waals surface area contributed by atoms with Gasteiger partial charge in [-0.15, -0.1) is 11.3 Å². The molecule has 1 aromatic heterocycles. The number of thiophene rings is 1. The highest BCUT2D eigenvalue weighted by atomic mass is 35.5. The second-order valence-corrected chi connectivity index (χ2v) is 6.43. The Labute approximate surface area is 111 Å². The fourth-order valence-electron chi connectivity index (χ4n) is 1.70. The molecule has 0 radical (unpaired) electrons. The first-order chi connectivity index (χ1) is 8.05. The first-order valence-corrected chi connectivity index (χ1v) is 7.00. The van der Waals surface area contributed by atoms with Crippen molar-refractivity contribution in [2.24, 2.45) is 0 Å². The summed E-state index contributed by atoms with van der Waals surface area (Å²) in [7, 11) is 0. The van der Waals surface area contributed by atoms with Crippen LogP contribution in [0.4, 0.5) is 0 Å². The molecule has 0 aliphatic carbocycles. The third-order valence-corrected chi connectivity index (χ3v) is 3.99. The second-order valence-electron chi connectivity index (χ2n) is 4.63. The Hall–Kier alpha value is -0.130. The molecule has 1 aromatic rings. The van der Waals surface area contributed by atoms with Crippen molar-refractivity contribution in [3.8, 4) is 0 Å². The molecule has 0 saturated carbocycles. The van der Waals surface area contributed by atoms with Crippen molar-refractivity contribution in [2.45, 2.75) is 32.1 Å².